The van der Waals surface area contributed by atoms with E-state index < -0.39 is 6.10 Å². The molecule has 5 nitrogen and oxygen atoms in total. The molecular formula is C19H20N2O3. The Labute approximate surface area is 141 Å². The zero-order valence-corrected chi connectivity index (χ0v) is 13.6. The lowest BCUT2D eigenvalue weighted by Crippen LogP contribution is -2.30. The fourth-order valence-corrected chi connectivity index (χ4v) is 2.67. The normalized spacial score (nSPS) is 15.2. The topological polar surface area (TPSA) is 58.6 Å². The molecule has 1 heterocycles. The lowest BCUT2D eigenvalue weighted by Gasteiger charge is -2.18. The van der Waals surface area contributed by atoms with Gasteiger partial charge in [0.25, 0.3) is 5.91 Å². The van der Waals surface area contributed by atoms with E-state index in [-0.39, 0.29) is 11.8 Å². The highest BCUT2D eigenvalue weighted by molar-refractivity contribution is 5.97. The average Bonchev–Trinajstić information content (AvgIpc) is 3.02. The van der Waals surface area contributed by atoms with Crippen LogP contribution >= 0.6 is 0 Å². The molecule has 1 atom stereocenters. The minimum atomic E-state index is -0.621. The largest absolute Gasteiger partial charge is 0.481 e. The SMILES string of the molecule is C[C@H](Oc1ccccc1)C(=O)Nc1cccc(N2CCCC2=O)c1. The van der Waals surface area contributed by atoms with Crippen molar-refractivity contribution in [2.45, 2.75) is 25.9 Å². The highest BCUT2D eigenvalue weighted by Gasteiger charge is 2.22. The van der Waals surface area contributed by atoms with Crippen LogP contribution in [0.5, 0.6) is 5.75 Å². The molecule has 1 saturated heterocycles. The van der Waals surface area contributed by atoms with Gasteiger partial charge in [-0.25, -0.2) is 0 Å². The second-order valence-corrected chi connectivity index (χ2v) is 5.76. The number of nitrogens with zero attached hydrogens (tertiary/aromatic N) is 1. The van der Waals surface area contributed by atoms with E-state index in [2.05, 4.69) is 5.32 Å². The molecule has 0 spiro atoms. The van der Waals surface area contributed by atoms with Crippen molar-refractivity contribution in [1.29, 1.82) is 0 Å². The molecule has 2 aromatic rings. The summed E-state index contributed by atoms with van der Waals surface area (Å²) >= 11 is 0. The van der Waals surface area contributed by atoms with Crippen molar-refractivity contribution in [2.24, 2.45) is 0 Å². The minimum Gasteiger partial charge on any atom is -0.481 e. The van der Waals surface area contributed by atoms with Gasteiger partial charge in [0.1, 0.15) is 5.75 Å². The van der Waals surface area contributed by atoms with Crippen LogP contribution in [0.1, 0.15) is 19.8 Å². The molecule has 1 N–H and O–H groups in total. The molecule has 1 aliphatic rings. The number of anilines is 2. The van der Waals surface area contributed by atoms with Crippen molar-refractivity contribution in [1.82, 2.24) is 0 Å². The summed E-state index contributed by atoms with van der Waals surface area (Å²) in [6, 6.07) is 16.6. The lowest BCUT2D eigenvalue weighted by atomic mass is 10.2. The lowest BCUT2D eigenvalue weighted by molar-refractivity contribution is -0.122. The number of carbonyl (C=O) groups is 2. The van der Waals surface area contributed by atoms with Gasteiger partial charge in [-0.05, 0) is 43.7 Å². The number of hydrogen-bond acceptors (Lipinski definition) is 3. The van der Waals surface area contributed by atoms with E-state index in [1.807, 2.05) is 48.5 Å². The van der Waals surface area contributed by atoms with Gasteiger partial charge in [-0.15, -0.1) is 0 Å². The molecule has 24 heavy (non-hydrogen) atoms. The summed E-state index contributed by atoms with van der Waals surface area (Å²) in [4.78, 5) is 25.9. The van der Waals surface area contributed by atoms with E-state index in [1.165, 1.54) is 0 Å². The maximum Gasteiger partial charge on any atom is 0.265 e. The smallest absolute Gasteiger partial charge is 0.265 e. The van der Waals surface area contributed by atoms with Crippen LogP contribution in [0.2, 0.25) is 0 Å². The number of amides is 2. The van der Waals surface area contributed by atoms with E-state index in [1.54, 1.807) is 17.9 Å². The Morgan fingerprint density at radius 3 is 2.67 bits per heavy atom. The summed E-state index contributed by atoms with van der Waals surface area (Å²) in [6.45, 7) is 2.43. The Morgan fingerprint density at radius 2 is 1.96 bits per heavy atom. The molecule has 3 rings (SSSR count). The predicted octanol–water partition coefficient (Wildman–Crippen LogP) is 3.22. The zero-order valence-electron chi connectivity index (χ0n) is 13.6. The minimum absolute atomic E-state index is 0.124. The molecule has 0 aromatic heterocycles. The molecule has 2 amide bonds. The van der Waals surface area contributed by atoms with Crippen LogP contribution in [0.15, 0.2) is 54.6 Å². The maximum atomic E-state index is 12.3. The molecule has 0 radical (unpaired) electrons. The van der Waals surface area contributed by atoms with Crippen molar-refractivity contribution >= 4 is 23.2 Å². The van der Waals surface area contributed by atoms with Crippen LogP contribution in [0.4, 0.5) is 11.4 Å². The Kier molecular flexibility index (Phi) is 4.79. The van der Waals surface area contributed by atoms with E-state index in [9.17, 15) is 9.59 Å². The highest BCUT2D eigenvalue weighted by Crippen LogP contribution is 2.24. The first-order valence-electron chi connectivity index (χ1n) is 8.06. The van der Waals surface area contributed by atoms with Crippen molar-refractivity contribution in [3.8, 4) is 5.75 Å². The van der Waals surface area contributed by atoms with Crippen molar-refractivity contribution in [3.05, 3.63) is 54.6 Å². The summed E-state index contributed by atoms with van der Waals surface area (Å²) in [5.74, 6) is 0.541. The molecular weight excluding hydrogens is 304 g/mol. The van der Waals surface area contributed by atoms with Crippen LogP contribution in [0.25, 0.3) is 0 Å². The van der Waals surface area contributed by atoms with Crippen LogP contribution in [-0.4, -0.2) is 24.5 Å². The van der Waals surface area contributed by atoms with Gasteiger partial charge >= 0.3 is 0 Å². The highest BCUT2D eigenvalue weighted by atomic mass is 16.5. The number of nitrogens with one attached hydrogen (secondary N) is 1. The molecule has 0 unspecified atom stereocenters. The second kappa shape index (κ2) is 7.17. The van der Waals surface area contributed by atoms with Gasteiger partial charge in [0, 0.05) is 24.3 Å². The molecule has 5 heteroatoms. The van der Waals surface area contributed by atoms with E-state index in [0.717, 1.165) is 18.7 Å². The number of benzene rings is 2. The third-order valence-electron chi connectivity index (χ3n) is 3.92. The summed E-state index contributed by atoms with van der Waals surface area (Å²) < 4.78 is 5.62. The van der Waals surface area contributed by atoms with Gasteiger partial charge < -0.3 is 15.0 Å². The van der Waals surface area contributed by atoms with Gasteiger partial charge in [-0.2, -0.15) is 0 Å². The van der Waals surface area contributed by atoms with Gasteiger partial charge in [0.05, 0.1) is 0 Å². The van der Waals surface area contributed by atoms with Gasteiger partial charge in [-0.1, -0.05) is 24.3 Å². The molecule has 1 aliphatic heterocycles. The van der Waals surface area contributed by atoms with Gasteiger partial charge in [0.2, 0.25) is 5.91 Å². The molecule has 2 aromatic carbocycles. The molecule has 0 bridgehead atoms. The maximum absolute atomic E-state index is 12.3. The predicted molar refractivity (Wildman–Crippen MR) is 93.2 cm³/mol. The summed E-state index contributed by atoms with van der Waals surface area (Å²) in [5.41, 5.74) is 1.47. The Hall–Kier alpha value is -2.82. The summed E-state index contributed by atoms with van der Waals surface area (Å²) in [7, 11) is 0. The Morgan fingerprint density at radius 1 is 1.17 bits per heavy atom. The van der Waals surface area contributed by atoms with E-state index in [0.29, 0.717) is 17.9 Å². The zero-order chi connectivity index (χ0) is 16.9. The molecule has 124 valence electrons. The number of ether oxygens (including phenoxy) is 1. The first kappa shape index (κ1) is 16.1. The third-order valence-corrected chi connectivity index (χ3v) is 3.92. The second-order valence-electron chi connectivity index (χ2n) is 5.76. The average molecular weight is 324 g/mol. The van der Waals surface area contributed by atoms with Gasteiger partial charge in [-0.3, -0.25) is 9.59 Å². The van der Waals surface area contributed by atoms with Crippen LogP contribution in [-0.2, 0) is 9.59 Å². The van der Waals surface area contributed by atoms with E-state index >= 15 is 0 Å². The number of rotatable bonds is 5. The van der Waals surface area contributed by atoms with Crippen molar-refractivity contribution in [2.75, 3.05) is 16.8 Å². The van der Waals surface area contributed by atoms with Crippen LogP contribution < -0.4 is 15.0 Å². The first-order chi connectivity index (χ1) is 11.6. The standard InChI is InChI=1S/C19H20N2O3/c1-14(24-17-9-3-2-4-10-17)19(23)20-15-7-5-8-16(13-15)21-12-6-11-18(21)22/h2-5,7-10,13-14H,6,11-12H2,1H3,(H,20,23)/t14-/m0/s1. The van der Waals surface area contributed by atoms with Gasteiger partial charge in [0.15, 0.2) is 6.10 Å². The summed E-state index contributed by atoms with van der Waals surface area (Å²) in [5, 5.41) is 2.84. The van der Waals surface area contributed by atoms with Crippen molar-refractivity contribution in [3.63, 3.8) is 0 Å². The quantitative estimate of drug-likeness (QED) is 0.918. The monoisotopic (exact) mass is 324 g/mol. The fraction of sp³-hybridized carbons (Fsp3) is 0.263. The summed E-state index contributed by atoms with van der Waals surface area (Å²) in [6.07, 6.45) is 0.833. The van der Waals surface area contributed by atoms with E-state index in [4.69, 9.17) is 4.74 Å². The number of carbonyl (C=O) groups excluding carboxylic acids is 2. The third kappa shape index (κ3) is 3.74. The van der Waals surface area contributed by atoms with Crippen LogP contribution in [0.3, 0.4) is 0 Å². The molecule has 1 fully saturated rings. The molecule has 0 saturated carbocycles. The van der Waals surface area contributed by atoms with Crippen molar-refractivity contribution < 1.29 is 14.3 Å². The fourth-order valence-electron chi connectivity index (χ4n) is 2.67. The number of hydrogen-bond donors (Lipinski definition) is 1. The molecule has 0 aliphatic carbocycles. The van der Waals surface area contributed by atoms with Crippen LogP contribution in [0, 0.1) is 0 Å². The Bertz CT molecular complexity index is 730. The Balaban J connectivity index is 1.65. The number of para-hydroxylation sites is 1. The first-order valence-corrected chi connectivity index (χ1v) is 8.06.